The summed E-state index contributed by atoms with van der Waals surface area (Å²) in [5.74, 6) is 1.31. The molecule has 3 heterocycles. The van der Waals surface area contributed by atoms with Crippen molar-refractivity contribution in [2.24, 2.45) is 0 Å². The minimum atomic E-state index is -3.53. The number of aryl methyl sites for hydroxylation is 2. The predicted molar refractivity (Wildman–Crippen MR) is 84.3 cm³/mol. The Morgan fingerprint density at radius 2 is 2.22 bits per heavy atom. The number of anilines is 1. The van der Waals surface area contributed by atoms with Crippen LogP contribution in [0.2, 0.25) is 0 Å². The highest BCUT2D eigenvalue weighted by molar-refractivity contribution is 7.93. The van der Waals surface area contributed by atoms with E-state index < -0.39 is 15.3 Å². The van der Waals surface area contributed by atoms with Crippen molar-refractivity contribution in [2.75, 3.05) is 11.3 Å². The summed E-state index contributed by atoms with van der Waals surface area (Å²) in [6.45, 7) is 4.15. The Balaban J connectivity index is 1.68. The van der Waals surface area contributed by atoms with E-state index in [0.29, 0.717) is 37.0 Å². The number of sulfonamides is 1. The molecule has 1 saturated heterocycles. The molecule has 23 heavy (non-hydrogen) atoms. The molecule has 124 valence electrons. The first-order valence-corrected chi connectivity index (χ1v) is 9.02. The van der Waals surface area contributed by atoms with Crippen LogP contribution in [0.15, 0.2) is 22.7 Å². The third-order valence-electron chi connectivity index (χ3n) is 3.77. The highest BCUT2D eigenvalue weighted by atomic mass is 32.2. The number of pyridine rings is 1. The Labute approximate surface area is 134 Å². The first kappa shape index (κ1) is 15.9. The molecule has 1 aliphatic heterocycles. The maximum Gasteiger partial charge on any atom is 0.238 e. The lowest BCUT2D eigenvalue weighted by molar-refractivity contribution is 0.405. The smallest absolute Gasteiger partial charge is 0.238 e. The van der Waals surface area contributed by atoms with Crippen LogP contribution in [0.4, 0.5) is 5.82 Å². The van der Waals surface area contributed by atoms with Gasteiger partial charge in [-0.1, -0.05) is 13.0 Å². The van der Waals surface area contributed by atoms with Gasteiger partial charge >= 0.3 is 0 Å². The van der Waals surface area contributed by atoms with E-state index in [2.05, 4.69) is 25.2 Å². The van der Waals surface area contributed by atoms with E-state index in [4.69, 9.17) is 4.42 Å². The van der Waals surface area contributed by atoms with E-state index in [1.165, 1.54) is 0 Å². The molecular formula is C14H19N5O3S. The molecule has 2 N–H and O–H groups in total. The molecule has 0 aromatic carbocycles. The lowest BCUT2D eigenvalue weighted by Crippen LogP contribution is -2.29. The van der Waals surface area contributed by atoms with E-state index in [9.17, 15) is 8.42 Å². The molecule has 0 aliphatic carbocycles. The molecule has 0 spiro atoms. The van der Waals surface area contributed by atoms with Gasteiger partial charge in [-0.05, 0) is 25.0 Å². The maximum absolute atomic E-state index is 12.5. The van der Waals surface area contributed by atoms with Crippen molar-refractivity contribution in [3.8, 4) is 0 Å². The summed E-state index contributed by atoms with van der Waals surface area (Å²) in [6.07, 6.45) is 2.66. The molecule has 3 rings (SSSR count). The largest absolute Gasteiger partial charge is 0.424 e. The zero-order valence-electron chi connectivity index (χ0n) is 13.0. The molecule has 2 atom stereocenters. The van der Waals surface area contributed by atoms with Crippen LogP contribution in [0.1, 0.15) is 36.7 Å². The Hall–Kier alpha value is -2.00. The van der Waals surface area contributed by atoms with Gasteiger partial charge in [-0.15, -0.1) is 10.2 Å². The number of rotatable bonds is 5. The highest BCUT2D eigenvalue weighted by Crippen LogP contribution is 2.27. The number of aromatic nitrogens is 3. The third kappa shape index (κ3) is 3.50. The molecule has 0 saturated carbocycles. The molecule has 2 unspecified atom stereocenters. The fourth-order valence-electron chi connectivity index (χ4n) is 2.44. The molecule has 0 bridgehead atoms. The number of nitrogens with one attached hydrogen (secondary N) is 2. The van der Waals surface area contributed by atoms with Crippen molar-refractivity contribution in [3.05, 3.63) is 35.7 Å². The second-order valence-corrected chi connectivity index (χ2v) is 7.53. The van der Waals surface area contributed by atoms with Gasteiger partial charge in [-0.2, -0.15) is 0 Å². The first-order valence-electron chi connectivity index (χ1n) is 7.48. The highest BCUT2D eigenvalue weighted by Gasteiger charge is 2.37. The van der Waals surface area contributed by atoms with Crippen molar-refractivity contribution in [1.29, 1.82) is 0 Å². The van der Waals surface area contributed by atoms with Crippen LogP contribution in [0, 0.1) is 6.92 Å². The van der Waals surface area contributed by atoms with Gasteiger partial charge in [0.25, 0.3) is 0 Å². The molecule has 2 aromatic rings. The van der Waals surface area contributed by atoms with Gasteiger partial charge in [0.1, 0.15) is 5.82 Å². The molecule has 8 nitrogen and oxygen atoms in total. The average Bonchev–Trinajstić information content (AvgIpc) is 3.18. The second-order valence-electron chi connectivity index (χ2n) is 5.57. The minimum Gasteiger partial charge on any atom is -0.424 e. The zero-order valence-corrected chi connectivity index (χ0v) is 13.8. The van der Waals surface area contributed by atoms with E-state index in [-0.39, 0.29) is 6.04 Å². The van der Waals surface area contributed by atoms with Crippen LogP contribution in [-0.2, 0) is 16.4 Å². The van der Waals surface area contributed by atoms with Gasteiger partial charge in [0, 0.05) is 19.2 Å². The monoisotopic (exact) mass is 337 g/mol. The van der Waals surface area contributed by atoms with Crippen molar-refractivity contribution in [2.45, 2.75) is 38.0 Å². The average molecular weight is 337 g/mol. The summed E-state index contributed by atoms with van der Waals surface area (Å²) >= 11 is 0. The molecule has 0 amide bonds. The summed E-state index contributed by atoms with van der Waals surface area (Å²) in [6, 6.07) is 3.22. The standard InChI is InChI=1S/C14H19N5O3S/c1-3-13-17-18-14(22-13)11-6-10(8-15-11)23(20,21)19-12-5-4-9(2)7-16-12/h4-5,7,10-11,15H,3,6,8H2,1-2H3,(H,16,19). The van der Waals surface area contributed by atoms with Crippen LogP contribution in [0.3, 0.4) is 0 Å². The van der Waals surface area contributed by atoms with Gasteiger partial charge in [0.15, 0.2) is 0 Å². The molecule has 1 fully saturated rings. The van der Waals surface area contributed by atoms with Crippen LogP contribution < -0.4 is 10.0 Å². The minimum absolute atomic E-state index is 0.240. The van der Waals surface area contributed by atoms with Gasteiger partial charge in [-0.3, -0.25) is 4.72 Å². The lowest BCUT2D eigenvalue weighted by Gasteiger charge is -2.12. The van der Waals surface area contributed by atoms with Crippen LogP contribution in [0.5, 0.6) is 0 Å². The lowest BCUT2D eigenvalue weighted by atomic mass is 10.2. The van der Waals surface area contributed by atoms with E-state index in [0.717, 1.165) is 5.56 Å². The van der Waals surface area contributed by atoms with Crippen molar-refractivity contribution >= 4 is 15.8 Å². The fourth-order valence-corrected chi connectivity index (χ4v) is 3.78. The Morgan fingerprint density at radius 1 is 1.39 bits per heavy atom. The normalized spacial score (nSPS) is 21.5. The SMILES string of the molecule is CCc1nnc(C2CC(S(=O)(=O)Nc3ccc(C)cn3)CN2)o1. The van der Waals surface area contributed by atoms with E-state index >= 15 is 0 Å². The molecule has 9 heteroatoms. The second kappa shape index (κ2) is 6.25. The molecule has 0 radical (unpaired) electrons. The molecular weight excluding hydrogens is 318 g/mol. The van der Waals surface area contributed by atoms with Gasteiger partial charge in [0.05, 0.1) is 11.3 Å². The topological polar surface area (TPSA) is 110 Å². The Bertz CT molecular complexity index is 772. The summed E-state index contributed by atoms with van der Waals surface area (Å²) < 4.78 is 33.0. The molecule has 2 aromatic heterocycles. The van der Waals surface area contributed by atoms with Crippen LogP contribution in [-0.4, -0.2) is 35.4 Å². The van der Waals surface area contributed by atoms with Gasteiger partial charge in [0.2, 0.25) is 21.8 Å². The van der Waals surface area contributed by atoms with E-state index in [1.54, 1.807) is 12.3 Å². The number of hydrogen-bond donors (Lipinski definition) is 2. The number of hydrogen-bond acceptors (Lipinski definition) is 7. The summed E-state index contributed by atoms with van der Waals surface area (Å²) in [5, 5.41) is 10.4. The Morgan fingerprint density at radius 3 is 2.87 bits per heavy atom. The quantitative estimate of drug-likeness (QED) is 0.843. The van der Waals surface area contributed by atoms with Crippen molar-refractivity contribution < 1.29 is 12.8 Å². The van der Waals surface area contributed by atoms with Crippen LogP contribution in [0.25, 0.3) is 0 Å². The summed E-state index contributed by atoms with van der Waals surface area (Å²) in [4.78, 5) is 4.07. The van der Waals surface area contributed by atoms with Crippen molar-refractivity contribution in [1.82, 2.24) is 20.5 Å². The maximum atomic E-state index is 12.5. The Kier molecular flexibility index (Phi) is 4.31. The van der Waals surface area contributed by atoms with Crippen molar-refractivity contribution in [3.63, 3.8) is 0 Å². The van der Waals surface area contributed by atoms with Gasteiger partial charge < -0.3 is 9.73 Å². The molecule has 1 aliphatic rings. The van der Waals surface area contributed by atoms with Gasteiger partial charge in [-0.25, -0.2) is 13.4 Å². The van der Waals surface area contributed by atoms with Crippen LogP contribution >= 0.6 is 0 Å². The summed E-state index contributed by atoms with van der Waals surface area (Å²) in [5.41, 5.74) is 0.971. The summed E-state index contributed by atoms with van der Waals surface area (Å²) in [7, 11) is -3.53. The predicted octanol–water partition coefficient (Wildman–Crippen LogP) is 1.18. The first-order chi connectivity index (χ1) is 11.0. The number of nitrogens with zero attached hydrogens (tertiary/aromatic N) is 3. The zero-order chi connectivity index (χ0) is 16.4. The van der Waals surface area contributed by atoms with E-state index in [1.807, 2.05) is 19.9 Å². The third-order valence-corrected chi connectivity index (χ3v) is 5.50. The fraction of sp³-hybridized carbons (Fsp3) is 0.500.